The molecule has 0 aliphatic carbocycles. The number of aliphatic carboxylic acids is 1. The molecule has 4 saturated heterocycles. The highest BCUT2D eigenvalue weighted by atomic mass is 16.8. The van der Waals surface area contributed by atoms with Gasteiger partial charge in [-0.15, -0.1) is 0 Å². The van der Waals surface area contributed by atoms with Gasteiger partial charge >= 0.3 is 5.97 Å². The number of amides is 1. The largest absolute Gasteiger partial charge is 0.477 e. The van der Waals surface area contributed by atoms with Crippen molar-refractivity contribution in [1.29, 1.82) is 0 Å². The fourth-order valence-electron chi connectivity index (χ4n) is 7.56. The molecule has 0 aromatic carbocycles. The second-order valence-corrected chi connectivity index (χ2v) is 15.6. The lowest BCUT2D eigenvalue weighted by atomic mass is 9.84. The molecular weight excluding hydrogens is 814 g/mol. The van der Waals surface area contributed by atoms with Gasteiger partial charge in [-0.05, 0) is 6.42 Å². The monoisotopic (exact) mass is 877 g/mol. The van der Waals surface area contributed by atoms with E-state index in [1.54, 1.807) is 0 Å². The SMILES string of the molecule is CCCCCCO[C@@H]1OC(CO)[C@H](O)[C@H](O[C@@H]2OC(CO[C@]3(C(=O)O)C[C@@H](O)[C@@H](C)C([C@H](O)[C@H](O)CO)O3)[C@@H](O)[C@H](O[C@@H]3OC(CO)[C@H](O)[C@H](O)C3O)C2NC(C)=O)C1O. The van der Waals surface area contributed by atoms with Crippen LogP contribution in [0.5, 0.6) is 0 Å². The van der Waals surface area contributed by atoms with E-state index in [0.29, 0.717) is 6.42 Å². The van der Waals surface area contributed by atoms with E-state index in [9.17, 15) is 76.0 Å². The van der Waals surface area contributed by atoms with Crippen LogP contribution in [0.1, 0.15) is 52.9 Å². The van der Waals surface area contributed by atoms with Crippen molar-refractivity contribution in [3.05, 3.63) is 0 Å². The van der Waals surface area contributed by atoms with Gasteiger partial charge in [0.05, 0.1) is 38.6 Å². The minimum atomic E-state index is -2.81. The van der Waals surface area contributed by atoms with E-state index < -0.39 is 173 Å². The van der Waals surface area contributed by atoms with Crippen LogP contribution in [0.15, 0.2) is 0 Å². The Labute approximate surface area is 345 Å². The Bertz CT molecular complexity index is 1330. The summed E-state index contributed by atoms with van der Waals surface area (Å²) in [4.78, 5) is 25.5. The highest BCUT2D eigenvalue weighted by molar-refractivity contribution is 5.76. The van der Waals surface area contributed by atoms with Crippen molar-refractivity contribution in [3.8, 4) is 0 Å². The number of rotatable bonds is 20. The van der Waals surface area contributed by atoms with Crippen molar-refractivity contribution >= 4 is 11.9 Å². The molecule has 60 heavy (non-hydrogen) atoms. The Kier molecular flexibility index (Phi) is 19.2. The van der Waals surface area contributed by atoms with E-state index in [2.05, 4.69) is 5.32 Å². The summed E-state index contributed by atoms with van der Waals surface area (Å²) in [6.45, 7) is 0.934. The Morgan fingerprint density at radius 2 is 1.37 bits per heavy atom. The first-order valence-corrected chi connectivity index (χ1v) is 20.0. The smallest absolute Gasteiger partial charge is 0.364 e. The number of carboxylic acid groups (broad SMARTS) is 1. The van der Waals surface area contributed by atoms with E-state index in [4.69, 9.17) is 37.9 Å². The van der Waals surface area contributed by atoms with Crippen molar-refractivity contribution in [1.82, 2.24) is 5.32 Å². The highest BCUT2D eigenvalue weighted by Crippen LogP contribution is 2.38. The Morgan fingerprint density at radius 1 is 0.767 bits per heavy atom. The van der Waals surface area contributed by atoms with Gasteiger partial charge in [-0.1, -0.05) is 33.1 Å². The summed E-state index contributed by atoms with van der Waals surface area (Å²) >= 11 is 0. The Morgan fingerprint density at radius 3 is 1.97 bits per heavy atom. The number of nitrogens with one attached hydrogen (secondary N) is 1. The van der Waals surface area contributed by atoms with Crippen LogP contribution in [-0.2, 0) is 47.5 Å². The molecule has 0 saturated carbocycles. The third-order valence-electron chi connectivity index (χ3n) is 11.2. The lowest BCUT2D eigenvalue weighted by molar-refractivity contribution is -0.373. The average molecular weight is 878 g/mol. The molecule has 4 aliphatic rings. The number of carbonyl (C=O) groups excluding carboxylic acids is 1. The fourth-order valence-corrected chi connectivity index (χ4v) is 7.56. The zero-order valence-electron chi connectivity index (χ0n) is 33.5. The molecule has 0 aromatic rings. The first-order valence-electron chi connectivity index (χ1n) is 20.0. The van der Waals surface area contributed by atoms with E-state index >= 15 is 0 Å². The first-order chi connectivity index (χ1) is 28.4. The summed E-state index contributed by atoms with van der Waals surface area (Å²) < 4.78 is 46.3. The minimum absolute atomic E-state index is 0.107. The van der Waals surface area contributed by atoms with Gasteiger partial charge in [0.25, 0.3) is 5.79 Å². The molecule has 7 unspecified atom stereocenters. The van der Waals surface area contributed by atoms with Crippen LogP contribution in [0.3, 0.4) is 0 Å². The maximum absolute atomic E-state index is 12.8. The van der Waals surface area contributed by atoms with E-state index in [1.165, 1.54) is 6.92 Å². The highest BCUT2D eigenvalue weighted by Gasteiger charge is 2.58. The molecule has 350 valence electrons. The molecule has 24 heteroatoms. The van der Waals surface area contributed by atoms with Crippen molar-refractivity contribution in [2.75, 3.05) is 33.0 Å². The topological polar surface area (TPSA) is 383 Å². The molecule has 4 fully saturated rings. The maximum atomic E-state index is 12.8. The molecule has 4 heterocycles. The van der Waals surface area contributed by atoms with Crippen molar-refractivity contribution in [3.63, 3.8) is 0 Å². The number of carbonyl (C=O) groups is 2. The van der Waals surface area contributed by atoms with Crippen LogP contribution < -0.4 is 5.32 Å². The van der Waals surface area contributed by atoms with Crippen LogP contribution in [0.4, 0.5) is 0 Å². The number of aliphatic hydroxyl groups is 12. The number of hydrogen-bond acceptors (Lipinski definition) is 22. The average Bonchev–Trinajstić information content (AvgIpc) is 3.21. The van der Waals surface area contributed by atoms with Crippen LogP contribution in [0.2, 0.25) is 0 Å². The standard InChI is InChI=1S/C36H63NO23/c1-4-5-6-7-8-53-33-28(50)31(24(46)19(12-40)55-33)59-32-21(37-15(3)41)30(58-34-27(49)26(48)23(45)18(11-39)56-34)25(47)20(57-32)13-54-36(35(51)52)9-16(42)14(2)29(60-36)22(44)17(43)10-38/h14,16-34,38-40,42-50H,4-13H2,1-3H3,(H,37,41)(H,51,52)/t14-,16-,17-,18?,19?,20?,21?,22-,23+,24+,25-,26+,27?,28?,29?,30-,31+,32+,33-,34+,36-/m1/s1. The molecule has 21 atom stereocenters. The molecule has 4 rings (SSSR count). The first kappa shape index (κ1) is 50.8. The fraction of sp³-hybridized carbons (Fsp3) is 0.944. The quantitative estimate of drug-likeness (QED) is 0.0506. The minimum Gasteiger partial charge on any atom is -0.477 e. The van der Waals surface area contributed by atoms with Crippen LogP contribution in [-0.4, -0.2) is 234 Å². The summed E-state index contributed by atoms with van der Waals surface area (Å²) in [7, 11) is 0. The Balaban J connectivity index is 1.71. The molecule has 0 spiro atoms. The van der Waals surface area contributed by atoms with Crippen molar-refractivity contribution < 1.29 is 114 Å². The van der Waals surface area contributed by atoms with Gasteiger partial charge in [0, 0.05) is 25.9 Å². The maximum Gasteiger partial charge on any atom is 0.364 e. The van der Waals surface area contributed by atoms with Gasteiger partial charge in [0.1, 0.15) is 85.4 Å². The van der Waals surface area contributed by atoms with Gasteiger partial charge in [0.2, 0.25) is 5.91 Å². The zero-order valence-corrected chi connectivity index (χ0v) is 33.5. The molecule has 0 radical (unpaired) electrons. The van der Waals surface area contributed by atoms with Crippen molar-refractivity contribution in [2.24, 2.45) is 5.92 Å². The van der Waals surface area contributed by atoms with Crippen LogP contribution >= 0.6 is 0 Å². The van der Waals surface area contributed by atoms with Gasteiger partial charge < -0.3 is 110 Å². The zero-order chi connectivity index (χ0) is 44.6. The lowest BCUT2D eigenvalue weighted by Gasteiger charge is -2.50. The summed E-state index contributed by atoms with van der Waals surface area (Å²) in [6, 6.07) is -1.69. The van der Waals surface area contributed by atoms with Gasteiger partial charge in [-0.3, -0.25) is 4.79 Å². The predicted octanol–water partition coefficient (Wildman–Crippen LogP) is -6.52. The second-order valence-electron chi connectivity index (χ2n) is 15.6. The molecule has 1 amide bonds. The third kappa shape index (κ3) is 11.6. The van der Waals surface area contributed by atoms with Gasteiger partial charge in [0.15, 0.2) is 18.9 Å². The Hall–Kier alpha value is -1.86. The van der Waals surface area contributed by atoms with E-state index in [0.717, 1.165) is 26.2 Å². The molecular formula is C36H63NO23. The number of hydrogen-bond donors (Lipinski definition) is 14. The van der Waals surface area contributed by atoms with Gasteiger partial charge in [-0.2, -0.15) is 0 Å². The number of aliphatic hydroxyl groups excluding tert-OH is 12. The van der Waals surface area contributed by atoms with Crippen LogP contribution in [0, 0.1) is 5.92 Å². The number of ether oxygens (including phenoxy) is 8. The summed E-state index contributed by atoms with van der Waals surface area (Å²) in [5.41, 5.74) is 0. The second kappa shape index (κ2) is 22.7. The third-order valence-corrected chi connectivity index (χ3v) is 11.2. The number of unbranched alkanes of at least 4 members (excludes halogenated alkanes) is 3. The van der Waals surface area contributed by atoms with E-state index in [-0.39, 0.29) is 6.61 Å². The molecule has 24 nitrogen and oxygen atoms in total. The lowest BCUT2D eigenvalue weighted by Crippen LogP contribution is -2.70. The predicted molar refractivity (Wildman–Crippen MR) is 194 cm³/mol. The summed E-state index contributed by atoms with van der Waals surface area (Å²) in [5, 5.41) is 140. The molecule has 0 aromatic heterocycles. The number of carboxylic acids is 1. The van der Waals surface area contributed by atoms with Crippen LogP contribution in [0.25, 0.3) is 0 Å². The molecule has 0 bridgehead atoms. The molecule has 14 N–H and O–H groups in total. The van der Waals surface area contributed by atoms with Gasteiger partial charge in [-0.25, -0.2) is 4.79 Å². The normalized spacial score (nSPS) is 43.6. The summed E-state index contributed by atoms with van der Waals surface area (Å²) in [5.74, 6) is -6.45. The summed E-state index contributed by atoms with van der Waals surface area (Å²) in [6.07, 6.45) is -29.6. The molecule has 4 aliphatic heterocycles. The van der Waals surface area contributed by atoms with Crippen molar-refractivity contribution in [2.45, 2.75) is 175 Å². The van der Waals surface area contributed by atoms with E-state index in [1.807, 2.05) is 6.92 Å².